The van der Waals surface area contributed by atoms with E-state index < -0.39 is 25.1 Å². The van der Waals surface area contributed by atoms with Crippen molar-refractivity contribution in [3.63, 3.8) is 0 Å². The number of hydrogen-bond acceptors (Lipinski definition) is 6. The van der Waals surface area contributed by atoms with Crippen LogP contribution in [0, 0.1) is 0 Å². The van der Waals surface area contributed by atoms with Crippen molar-refractivity contribution < 1.29 is 28.6 Å². The van der Waals surface area contributed by atoms with Crippen LogP contribution in [0.2, 0.25) is 0 Å². The molecule has 1 amide bonds. The van der Waals surface area contributed by atoms with Gasteiger partial charge in [0.2, 0.25) is 0 Å². The molecule has 0 aromatic heterocycles. The average molecular weight is 357 g/mol. The first kappa shape index (κ1) is 19.0. The molecule has 0 aliphatic rings. The van der Waals surface area contributed by atoms with Crippen molar-refractivity contribution in [2.24, 2.45) is 5.73 Å². The Labute approximate surface area is 150 Å². The lowest BCUT2D eigenvalue weighted by molar-refractivity contribution is -0.144. The number of amides is 1. The van der Waals surface area contributed by atoms with Gasteiger partial charge in [-0.05, 0) is 43.3 Å². The van der Waals surface area contributed by atoms with Gasteiger partial charge in [0.25, 0.3) is 5.91 Å². The highest BCUT2D eigenvalue weighted by Gasteiger charge is 2.13. The van der Waals surface area contributed by atoms with Crippen LogP contribution >= 0.6 is 0 Å². The van der Waals surface area contributed by atoms with Gasteiger partial charge in [-0.1, -0.05) is 12.1 Å². The molecule has 7 heteroatoms. The maximum absolute atomic E-state index is 12.0. The van der Waals surface area contributed by atoms with Crippen molar-refractivity contribution in [2.45, 2.75) is 6.92 Å². The third kappa shape index (κ3) is 5.34. The number of hydrogen-bond donors (Lipinski definition) is 1. The molecule has 0 saturated carbocycles. The van der Waals surface area contributed by atoms with Crippen molar-refractivity contribution in [1.82, 2.24) is 0 Å². The standard InChI is InChI=1S/C19H19NO6/c1-2-24-14-9-7-13(8-10-14)16(21)11-26-18(22)12-25-17-6-4-3-5-15(17)19(20)23/h3-10H,2,11-12H2,1H3,(H2,20,23). The highest BCUT2D eigenvalue weighted by Crippen LogP contribution is 2.17. The Hall–Kier alpha value is -3.35. The summed E-state index contributed by atoms with van der Waals surface area (Å²) in [5.41, 5.74) is 5.79. The molecule has 2 aromatic carbocycles. The second-order valence-corrected chi connectivity index (χ2v) is 5.19. The number of primary amides is 1. The van der Waals surface area contributed by atoms with Crippen LogP contribution in [0.1, 0.15) is 27.6 Å². The van der Waals surface area contributed by atoms with E-state index in [0.29, 0.717) is 17.9 Å². The Morgan fingerprint density at radius 2 is 1.62 bits per heavy atom. The number of carbonyl (C=O) groups excluding carboxylic acids is 3. The second kappa shape index (κ2) is 9.22. The first-order valence-corrected chi connectivity index (χ1v) is 7.94. The maximum Gasteiger partial charge on any atom is 0.344 e. The van der Waals surface area contributed by atoms with Crippen LogP contribution in [-0.4, -0.2) is 37.5 Å². The van der Waals surface area contributed by atoms with Crippen molar-refractivity contribution in [2.75, 3.05) is 19.8 Å². The van der Waals surface area contributed by atoms with E-state index in [4.69, 9.17) is 19.9 Å². The molecule has 0 spiro atoms. The summed E-state index contributed by atoms with van der Waals surface area (Å²) in [6, 6.07) is 12.8. The van der Waals surface area contributed by atoms with Gasteiger partial charge >= 0.3 is 5.97 Å². The van der Waals surface area contributed by atoms with Crippen molar-refractivity contribution in [1.29, 1.82) is 0 Å². The highest BCUT2D eigenvalue weighted by molar-refractivity contribution is 5.98. The number of rotatable bonds is 9. The molecule has 2 aromatic rings. The lowest BCUT2D eigenvalue weighted by atomic mass is 10.1. The monoisotopic (exact) mass is 357 g/mol. The molecule has 2 rings (SSSR count). The minimum Gasteiger partial charge on any atom is -0.494 e. The summed E-state index contributed by atoms with van der Waals surface area (Å²) >= 11 is 0. The number of carbonyl (C=O) groups is 3. The van der Waals surface area contributed by atoms with Crippen molar-refractivity contribution >= 4 is 17.7 Å². The molecule has 0 atom stereocenters. The normalized spacial score (nSPS) is 10.0. The van der Waals surface area contributed by atoms with E-state index in [1.165, 1.54) is 12.1 Å². The summed E-state index contributed by atoms with van der Waals surface area (Å²) in [4.78, 5) is 35.0. The SMILES string of the molecule is CCOc1ccc(C(=O)COC(=O)COc2ccccc2C(N)=O)cc1. The molecule has 7 nitrogen and oxygen atoms in total. The van der Waals surface area contributed by atoms with Gasteiger partial charge in [0, 0.05) is 5.56 Å². The third-order valence-corrected chi connectivity index (χ3v) is 3.35. The molecule has 0 aliphatic carbocycles. The van der Waals surface area contributed by atoms with E-state index in [1.807, 2.05) is 6.92 Å². The Balaban J connectivity index is 1.83. The zero-order valence-electron chi connectivity index (χ0n) is 14.3. The van der Waals surface area contributed by atoms with Crippen LogP contribution in [0.25, 0.3) is 0 Å². The van der Waals surface area contributed by atoms with Crippen LogP contribution in [0.5, 0.6) is 11.5 Å². The van der Waals surface area contributed by atoms with Gasteiger partial charge in [0.05, 0.1) is 12.2 Å². The number of para-hydroxylation sites is 1. The lowest BCUT2D eigenvalue weighted by Gasteiger charge is -2.09. The Morgan fingerprint density at radius 1 is 0.923 bits per heavy atom. The first-order chi connectivity index (χ1) is 12.5. The summed E-state index contributed by atoms with van der Waals surface area (Å²) in [6.45, 7) is 1.54. The van der Waals surface area contributed by atoms with E-state index in [9.17, 15) is 14.4 Å². The summed E-state index contributed by atoms with van der Waals surface area (Å²) in [5, 5.41) is 0. The van der Waals surface area contributed by atoms with Gasteiger partial charge in [0.15, 0.2) is 19.0 Å². The molecular formula is C19H19NO6. The highest BCUT2D eigenvalue weighted by atomic mass is 16.6. The zero-order valence-corrected chi connectivity index (χ0v) is 14.3. The van der Waals surface area contributed by atoms with Crippen molar-refractivity contribution in [3.05, 3.63) is 59.7 Å². The minimum absolute atomic E-state index is 0.158. The van der Waals surface area contributed by atoms with Crippen LogP contribution in [-0.2, 0) is 9.53 Å². The smallest absolute Gasteiger partial charge is 0.344 e. The van der Waals surface area contributed by atoms with Crippen molar-refractivity contribution in [3.8, 4) is 11.5 Å². The number of benzene rings is 2. The van der Waals surface area contributed by atoms with E-state index in [2.05, 4.69) is 0 Å². The fourth-order valence-electron chi connectivity index (χ4n) is 2.11. The zero-order chi connectivity index (χ0) is 18.9. The molecule has 136 valence electrons. The number of esters is 1. The van der Waals surface area contributed by atoms with Crippen LogP contribution in [0.3, 0.4) is 0 Å². The molecular weight excluding hydrogens is 338 g/mol. The van der Waals surface area contributed by atoms with Crippen LogP contribution in [0.15, 0.2) is 48.5 Å². The Morgan fingerprint density at radius 3 is 2.27 bits per heavy atom. The molecule has 26 heavy (non-hydrogen) atoms. The predicted molar refractivity (Wildman–Crippen MR) is 93.4 cm³/mol. The van der Waals surface area contributed by atoms with E-state index in [1.54, 1.807) is 36.4 Å². The summed E-state index contributed by atoms with van der Waals surface area (Å²) in [5.74, 6) is -0.917. The molecule has 0 radical (unpaired) electrons. The fourth-order valence-corrected chi connectivity index (χ4v) is 2.11. The molecule has 0 aliphatic heterocycles. The fraction of sp³-hybridized carbons (Fsp3) is 0.211. The molecule has 0 fully saturated rings. The van der Waals surface area contributed by atoms with Gasteiger partial charge in [-0.2, -0.15) is 0 Å². The number of Topliss-reactive ketones (excluding diaryl/α,β-unsaturated/α-hetero) is 1. The summed E-state index contributed by atoms with van der Waals surface area (Å²) in [6.07, 6.45) is 0. The Bertz CT molecular complexity index is 785. The van der Waals surface area contributed by atoms with E-state index in [-0.39, 0.29) is 17.1 Å². The third-order valence-electron chi connectivity index (χ3n) is 3.35. The quantitative estimate of drug-likeness (QED) is 0.543. The number of ether oxygens (including phenoxy) is 3. The van der Waals surface area contributed by atoms with Crippen LogP contribution < -0.4 is 15.2 Å². The average Bonchev–Trinajstić information content (AvgIpc) is 2.65. The minimum atomic E-state index is -0.733. The number of ketones is 1. The molecule has 0 heterocycles. The molecule has 0 saturated heterocycles. The topological polar surface area (TPSA) is 105 Å². The Kier molecular flexibility index (Phi) is 6.73. The first-order valence-electron chi connectivity index (χ1n) is 7.94. The van der Waals surface area contributed by atoms with E-state index >= 15 is 0 Å². The van der Waals surface area contributed by atoms with Crippen LogP contribution in [0.4, 0.5) is 0 Å². The molecule has 0 unspecified atom stereocenters. The molecule has 2 N–H and O–H groups in total. The number of nitrogens with two attached hydrogens (primary N) is 1. The summed E-state index contributed by atoms with van der Waals surface area (Å²) in [7, 11) is 0. The van der Waals surface area contributed by atoms with Gasteiger partial charge < -0.3 is 19.9 Å². The maximum atomic E-state index is 12.0. The summed E-state index contributed by atoms with van der Waals surface area (Å²) < 4.78 is 15.4. The second-order valence-electron chi connectivity index (χ2n) is 5.19. The molecule has 0 bridgehead atoms. The van der Waals surface area contributed by atoms with Gasteiger partial charge in [-0.3, -0.25) is 9.59 Å². The van der Waals surface area contributed by atoms with Gasteiger partial charge in [0.1, 0.15) is 11.5 Å². The largest absolute Gasteiger partial charge is 0.494 e. The predicted octanol–water partition coefficient (Wildman–Crippen LogP) is 1.99. The van der Waals surface area contributed by atoms with Gasteiger partial charge in [-0.25, -0.2) is 4.79 Å². The van der Waals surface area contributed by atoms with E-state index in [0.717, 1.165) is 0 Å². The lowest BCUT2D eigenvalue weighted by Crippen LogP contribution is -2.21. The van der Waals surface area contributed by atoms with Gasteiger partial charge in [-0.15, -0.1) is 0 Å².